The Kier molecular flexibility index (Phi) is 3.27. The van der Waals surface area contributed by atoms with E-state index in [1.165, 1.54) is 0 Å². The van der Waals surface area contributed by atoms with Gasteiger partial charge < -0.3 is 20.1 Å². The molecule has 2 rings (SSSR count). The molecule has 0 amide bonds. The summed E-state index contributed by atoms with van der Waals surface area (Å²) in [5, 5.41) is 28.7. The summed E-state index contributed by atoms with van der Waals surface area (Å²) in [5.41, 5.74) is -4.34. The lowest BCUT2D eigenvalue weighted by atomic mass is 9.94. The number of nitrogens with zero attached hydrogens (tertiary/aromatic N) is 1. The van der Waals surface area contributed by atoms with Crippen LogP contribution in [0.2, 0.25) is 0 Å². The van der Waals surface area contributed by atoms with Gasteiger partial charge >= 0.3 is 5.69 Å². The predicted octanol–water partition coefficient (Wildman–Crippen LogP) is -2.55. The Morgan fingerprint density at radius 2 is 2.25 bits per heavy atom. The van der Waals surface area contributed by atoms with Gasteiger partial charge in [0.15, 0.2) is 12.3 Å². The maximum Gasteiger partial charge on any atom is 0.330 e. The number of ether oxygens (including phenoxy) is 1. The summed E-state index contributed by atoms with van der Waals surface area (Å²) in [7, 11) is 0. The third kappa shape index (κ3) is 1.86. The van der Waals surface area contributed by atoms with Crippen LogP contribution in [0.15, 0.2) is 21.9 Å². The number of alkyl halides is 1. The number of nitrogens with one attached hydrogen (secondary N) is 1. The number of hydrogen-bond donors (Lipinski definition) is 4. The second-order valence-corrected chi connectivity index (χ2v) is 4.30. The van der Waals surface area contributed by atoms with E-state index in [0.29, 0.717) is 4.57 Å². The average Bonchev–Trinajstić information content (AvgIpc) is 2.62. The third-order valence-corrected chi connectivity index (χ3v) is 3.06. The van der Waals surface area contributed by atoms with Crippen molar-refractivity contribution in [1.29, 1.82) is 0 Å². The van der Waals surface area contributed by atoms with E-state index in [-0.39, 0.29) is 0 Å². The standard InChI is InChI=1S/C11H11FN2O6/c1-2-10(19)7(17)11(12,5-15)20-8(10)14-4-3-6(16)13-9(14)18/h1,3-4,7-8,15,17,19H,5H2,(H,13,16,18)/t7-,8?,10+,11+/m0/s1. The Hall–Kier alpha value is -1.99. The molecule has 0 saturated carbocycles. The molecule has 108 valence electrons. The van der Waals surface area contributed by atoms with Crippen LogP contribution in [-0.4, -0.2) is 49.0 Å². The van der Waals surface area contributed by atoms with Crippen molar-refractivity contribution in [2.24, 2.45) is 0 Å². The lowest BCUT2D eigenvalue weighted by Gasteiger charge is -2.26. The van der Waals surface area contributed by atoms with Crippen molar-refractivity contribution in [3.05, 3.63) is 33.1 Å². The van der Waals surface area contributed by atoms with Gasteiger partial charge in [-0.3, -0.25) is 14.3 Å². The highest BCUT2D eigenvalue weighted by Crippen LogP contribution is 2.44. The maximum atomic E-state index is 14.1. The Morgan fingerprint density at radius 1 is 1.60 bits per heavy atom. The lowest BCUT2D eigenvalue weighted by molar-refractivity contribution is -0.207. The highest BCUT2D eigenvalue weighted by Gasteiger charge is 2.64. The molecule has 20 heavy (non-hydrogen) atoms. The second kappa shape index (κ2) is 4.53. The van der Waals surface area contributed by atoms with Gasteiger partial charge in [-0.25, -0.2) is 9.18 Å². The summed E-state index contributed by atoms with van der Waals surface area (Å²) in [6, 6.07) is 0.922. The minimum absolute atomic E-state index is 0.613. The van der Waals surface area contributed by atoms with E-state index < -0.39 is 41.6 Å². The van der Waals surface area contributed by atoms with Crippen LogP contribution in [-0.2, 0) is 4.74 Å². The van der Waals surface area contributed by atoms with Gasteiger partial charge in [-0.1, -0.05) is 5.92 Å². The maximum absolute atomic E-state index is 14.1. The zero-order chi connectivity index (χ0) is 15.1. The number of aliphatic hydroxyl groups excluding tert-OH is 2. The van der Waals surface area contributed by atoms with E-state index in [1.54, 1.807) is 5.92 Å². The quantitative estimate of drug-likeness (QED) is 0.444. The van der Waals surface area contributed by atoms with Gasteiger partial charge in [0.25, 0.3) is 11.4 Å². The van der Waals surface area contributed by atoms with Crippen molar-refractivity contribution in [3.63, 3.8) is 0 Å². The molecule has 4 atom stereocenters. The summed E-state index contributed by atoms with van der Waals surface area (Å²) in [5.74, 6) is -1.29. The highest BCUT2D eigenvalue weighted by molar-refractivity contribution is 5.21. The number of aliphatic hydroxyl groups is 3. The first-order chi connectivity index (χ1) is 9.28. The molecule has 1 unspecified atom stereocenters. The molecule has 8 nitrogen and oxygen atoms in total. The first-order valence-electron chi connectivity index (χ1n) is 5.46. The van der Waals surface area contributed by atoms with Crippen molar-refractivity contribution in [3.8, 4) is 12.3 Å². The smallest absolute Gasteiger partial charge is 0.330 e. The molecule has 1 saturated heterocycles. The first-order valence-corrected chi connectivity index (χ1v) is 5.46. The van der Waals surface area contributed by atoms with Crippen molar-refractivity contribution >= 4 is 0 Å². The fourth-order valence-corrected chi connectivity index (χ4v) is 1.96. The van der Waals surface area contributed by atoms with E-state index in [1.807, 2.05) is 4.98 Å². The highest BCUT2D eigenvalue weighted by atomic mass is 19.2. The van der Waals surface area contributed by atoms with Crippen molar-refractivity contribution in [2.45, 2.75) is 23.8 Å². The molecule has 1 aliphatic heterocycles. The normalized spacial score (nSPS) is 36.8. The molecule has 1 aromatic heterocycles. The molecular formula is C11H11FN2O6. The average molecular weight is 286 g/mol. The molecule has 9 heteroatoms. The van der Waals surface area contributed by atoms with E-state index in [4.69, 9.17) is 16.3 Å². The van der Waals surface area contributed by atoms with Crippen LogP contribution in [0.5, 0.6) is 0 Å². The van der Waals surface area contributed by atoms with Crippen LogP contribution >= 0.6 is 0 Å². The van der Waals surface area contributed by atoms with Crippen LogP contribution in [0.3, 0.4) is 0 Å². The number of aromatic amines is 1. The van der Waals surface area contributed by atoms with Crippen LogP contribution in [0.1, 0.15) is 6.23 Å². The molecule has 1 fully saturated rings. The monoisotopic (exact) mass is 286 g/mol. The summed E-state index contributed by atoms with van der Waals surface area (Å²) in [4.78, 5) is 24.4. The molecule has 0 radical (unpaired) electrons. The first kappa shape index (κ1) is 14.4. The molecule has 2 heterocycles. The van der Waals surface area contributed by atoms with Crippen LogP contribution in [0.4, 0.5) is 4.39 Å². The van der Waals surface area contributed by atoms with Gasteiger partial charge in [-0.15, -0.1) is 6.42 Å². The van der Waals surface area contributed by atoms with Gasteiger partial charge in [0.2, 0.25) is 5.60 Å². The predicted molar refractivity (Wildman–Crippen MR) is 62.2 cm³/mol. The molecule has 0 spiro atoms. The molecule has 1 aliphatic rings. The molecule has 4 N–H and O–H groups in total. The minimum Gasteiger partial charge on any atom is -0.390 e. The number of H-pyrrole nitrogens is 1. The zero-order valence-corrected chi connectivity index (χ0v) is 9.99. The van der Waals surface area contributed by atoms with Crippen molar-refractivity contribution in [2.75, 3.05) is 6.61 Å². The summed E-state index contributed by atoms with van der Waals surface area (Å²) in [6.45, 7) is -1.28. The van der Waals surface area contributed by atoms with Crippen LogP contribution in [0, 0.1) is 12.3 Å². The van der Waals surface area contributed by atoms with Gasteiger partial charge in [-0.05, 0) is 0 Å². The van der Waals surface area contributed by atoms with E-state index in [2.05, 4.69) is 0 Å². The fourth-order valence-electron chi connectivity index (χ4n) is 1.96. The van der Waals surface area contributed by atoms with Gasteiger partial charge in [0.1, 0.15) is 6.61 Å². The lowest BCUT2D eigenvalue weighted by Crippen LogP contribution is -2.50. The summed E-state index contributed by atoms with van der Waals surface area (Å²) >= 11 is 0. The Balaban J connectivity index is 2.59. The number of rotatable bonds is 2. The van der Waals surface area contributed by atoms with Gasteiger partial charge in [0, 0.05) is 12.3 Å². The van der Waals surface area contributed by atoms with E-state index in [0.717, 1.165) is 12.3 Å². The fraction of sp³-hybridized carbons (Fsp3) is 0.455. The Labute approximate surface area is 111 Å². The molecular weight excluding hydrogens is 275 g/mol. The Morgan fingerprint density at radius 3 is 2.75 bits per heavy atom. The number of halogens is 1. The zero-order valence-electron chi connectivity index (χ0n) is 9.99. The van der Waals surface area contributed by atoms with Crippen LogP contribution in [0.25, 0.3) is 0 Å². The largest absolute Gasteiger partial charge is 0.390 e. The van der Waals surface area contributed by atoms with Crippen molar-refractivity contribution < 1.29 is 24.4 Å². The molecule has 0 bridgehead atoms. The Bertz CT molecular complexity index is 678. The van der Waals surface area contributed by atoms with Gasteiger partial charge in [-0.2, -0.15) is 0 Å². The number of hydrogen-bond acceptors (Lipinski definition) is 6. The molecule has 0 aliphatic carbocycles. The SMILES string of the molecule is C#C[C@]1(O)C(n2ccc(=O)[nH]c2=O)O[C@](F)(CO)[C@H]1O. The van der Waals surface area contributed by atoms with Gasteiger partial charge in [0.05, 0.1) is 0 Å². The summed E-state index contributed by atoms with van der Waals surface area (Å²) < 4.78 is 19.4. The molecule has 0 aromatic carbocycles. The molecule has 1 aromatic rings. The number of terminal acetylenes is 1. The summed E-state index contributed by atoms with van der Waals surface area (Å²) in [6.07, 6.45) is 1.89. The van der Waals surface area contributed by atoms with Crippen molar-refractivity contribution in [1.82, 2.24) is 9.55 Å². The van der Waals surface area contributed by atoms with Crippen LogP contribution < -0.4 is 11.2 Å². The van der Waals surface area contributed by atoms with E-state index in [9.17, 15) is 24.2 Å². The minimum atomic E-state index is -3.04. The second-order valence-electron chi connectivity index (χ2n) is 4.30. The van der Waals surface area contributed by atoms with E-state index >= 15 is 0 Å². The third-order valence-electron chi connectivity index (χ3n) is 3.06. The topological polar surface area (TPSA) is 125 Å². The number of aromatic nitrogens is 2.